The molecule has 2 aliphatic carbocycles. The predicted octanol–water partition coefficient (Wildman–Crippen LogP) is 2.11. The molecule has 140 valence electrons. The molecule has 2 amide bonds. The van der Waals surface area contributed by atoms with Crippen molar-refractivity contribution in [1.29, 1.82) is 0 Å². The first-order valence-electron chi connectivity index (χ1n) is 10.5. The van der Waals surface area contributed by atoms with Crippen LogP contribution in [0.25, 0.3) is 0 Å². The maximum Gasteiger partial charge on any atom is 0.226 e. The van der Waals surface area contributed by atoms with Crippen molar-refractivity contribution in [3.63, 3.8) is 0 Å². The zero-order valence-corrected chi connectivity index (χ0v) is 15.5. The van der Waals surface area contributed by atoms with E-state index in [2.05, 4.69) is 9.80 Å². The third-order valence-electron chi connectivity index (χ3n) is 7.06. The van der Waals surface area contributed by atoms with Gasteiger partial charge in [0.25, 0.3) is 0 Å². The Morgan fingerprint density at radius 2 is 1.56 bits per heavy atom. The number of likely N-dealkylation sites (tertiary alicyclic amines) is 1. The van der Waals surface area contributed by atoms with Crippen molar-refractivity contribution in [3.05, 3.63) is 0 Å². The van der Waals surface area contributed by atoms with Gasteiger partial charge in [0.05, 0.1) is 0 Å². The Morgan fingerprint density at radius 1 is 0.840 bits per heavy atom. The standard InChI is InChI=1S/C20H33N3O2/c24-18(6-3-11-21-9-1-2-10-21)22-12-5-13-23(15-14-22)19(25)17-16-20(17)7-4-8-20/h17H,1-16H2. The fraction of sp³-hybridized carbons (Fsp3) is 0.900. The Balaban J connectivity index is 1.19. The maximum atomic E-state index is 12.7. The monoisotopic (exact) mass is 347 g/mol. The minimum atomic E-state index is 0.287. The average molecular weight is 348 g/mol. The van der Waals surface area contributed by atoms with Gasteiger partial charge in [-0.15, -0.1) is 0 Å². The van der Waals surface area contributed by atoms with Crippen LogP contribution < -0.4 is 0 Å². The van der Waals surface area contributed by atoms with Crippen LogP contribution in [0.4, 0.5) is 0 Å². The van der Waals surface area contributed by atoms with Gasteiger partial charge in [0.15, 0.2) is 0 Å². The number of carbonyl (C=O) groups excluding carboxylic acids is 2. The molecule has 4 aliphatic rings. The molecule has 0 aromatic carbocycles. The Bertz CT molecular complexity index is 511. The van der Waals surface area contributed by atoms with Crippen LogP contribution in [0.15, 0.2) is 0 Å². The molecule has 0 aromatic heterocycles. The van der Waals surface area contributed by atoms with Crippen LogP contribution in [0.3, 0.4) is 0 Å². The SMILES string of the molecule is O=C(CCCN1CCCC1)N1CCCN(C(=O)C2CC23CCC3)CC1. The van der Waals surface area contributed by atoms with Crippen LogP contribution in [-0.4, -0.2) is 72.3 Å². The molecule has 0 bridgehead atoms. The van der Waals surface area contributed by atoms with Crippen LogP contribution in [0.5, 0.6) is 0 Å². The summed E-state index contributed by atoms with van der Waals surface area (Å²) in [7, 11) is 0. The molecule has 1 atom stereocenters. The van der Waals surface area contributed by atoms with Crippen LogP contribution in [0, 0.1) is 11.3 Å². The average Bonchev–Trinajstić information content (AvgIpc) is 3.24. The molecule has 4 rings (SSSR count). The minimum absolute atomic E-state index is 0.287. The van der Waals surface area contributed by atoms with Gasteiger partial charge in [-0.25, -0.2) is 0 Å². The lowest BCUT2D eigenvalue weighted by molar-refractivity contribution is -0.135. The van der Waals surface area contributed by atoms with E-state index in [-0.39, 0.29) is 5.91 Å². The van der Waals surface area contributed by atoms with Crippen molar-refractivity contribution >= 4 is 11.8 Å². The van der Waals surface area contributed by atoms with E-state index >= 15 is 0 Å². The first kappa shape index (κ1) is 17.3. The summed E-state index contributed by atoms with van der Waals surface area (Å²) in [6, 6.07) is 0. The second-order valence-corrected chi connectivity index (χ2v) is 8.68. The van der Waals surface area contributed by atoms with Crippen LogP contribution in [0.1, 0.15) is 57.8 Å². The lowest BCUT2D eigenvalue weighted by atomic mass is 9.79. The molecule has 0 aromatic rings. The molecule has 2 aliphatic heterocycles. The van der Waals surface area contributed by atoms with Gasteiger partial charge in [-0.2, -0.15) is 0 Å². The van der Waals surface area contributed by atoms with Gasteiger partial charge in [-0.3, -0.25) is 9.59 Å². The number of hydrogen-bond donors (Lipinski definition) is 0. The molecule has 4 fully saturated rings. The smallest absolute Gasteiger partial charge is 0.226 e. The second kappa shape index (κ2) is 7.26. The van der Waals surface area contributed by atoms with Gasteiger partial charge in [-0.1, -0.05) is 6.42 Å². The van der Waals surface area contributed by atoms with Crippen molar-refractivity contribution in [2.45, 2.75) is 57.8 Å². The molecule has 25 heavy (non-hydrogen) atoms. The van der Waals surface area contributed by atoms with Gasteiger partial charge in [-0.05, 0) is 70.0 Å². The fourth-order valence-corrected chi connectivity index (χ4v) is 5.11. The molecule has 0 radical (unpaired) electrons. The summed E-state index contributed by atoms with van der Waals surface area (Å²) in [6.45, 7) is 6.60. The summed E-state index contributed by atoms with van der Waals surface area (Å²) in [5.74, 6) is 0.974. The first-order valence-corrected chi connectivity index (χ1v) is 10.5. The number of amides is 2. The highest BCUT2D eigenvalue weighted by Gasteiger charge is 2.61. The molecule has 5 heteroatoms. The second-order valence-electron chi connectivity index (χ2n) is 8.68. The molecule has 0 N–H and O–H groups in total. The van der Waals surface area contributed by atoms with Gasteiger partial charge in [0.2, 0.25) is 11.8 Å². The summed E-state index contributed by atoms with van der Waals surface area (Å²) in [6.07, 6.45) is 10.2. The molecule has 2 heterocycles. The van der Waals surface area contributed by atoms with Gasteiger partial charge >= 0.3 is 0 Å². The van der Waals surface area contributed by atoms with Crippen molar-refractivity contribution < 1.29 is 9.59 Å². The molecular formula is C20H33N3O2. The van der Waals surface area contributed by atoms with Crippen LogP contribution in [-0.2, 0) is 9.59 Å². The molecular weight excluding hydrogens is 314 g/mol. The van der Waals surface area contributed by atoms with E-state index in [9.17, 15) is 9.59 Å². The number of nitrogens with zero attached hydrogens (tertiary/aromatic N) is 3. The normalized spacial score (nSPS) is 28.7. The Morgan fingerprint density at radius 3 is 2.24 bits per heavy atom. The molecule has 2 saturated carbocycles. The van der Waals surface area contributed by atoms with E-state index in [1.54, 1.807) is 0 Å². The highest BCUT2D eigenvalue weighted by molar-refractivity contribution is 5.83. The van der Waals surface area contributed by atoms with Crippen molar-refractivity contribution in [2.75, 3.05) is 45.8 Å². The lowest BCUT2D eigenvalue weighted by Crippen LogP contribution is -2.39. The zero-order valence-electron chi connectivity index (χ0n) is 15.5. The van der Waals surface area contributed by atoms with E-state index in [1.165, 1.54) is 45.2 Å². The number of carbonyl (C=O) groups is 2. The molecule has 1 unspecified atom stereocenters. The summed E-state index contributed by atoms with van der Waals surface area (Å²) < 4.78 is 0. The van der Waals surface area contributed by atoms with Gasteiger partial charge in [0.1, 0.15) is 0 Å². The summed E-state index contributed by atoms with van der Waals surface area (Å²) >= 11 is 0. The van der Waals surface area contributed by atoms with Crippen molar-refractivity contribution in [2.24, 2.45) is 11.3 Å². The van der Waals surface area contributed by atoms with Crippen molar-refractivity contribution in [1.82, 2.24) is 14.7 Å². The number of rotatable bonds is 5. The first-order chi connectivity index (χ1) is 12.2. The van der Waals surface area contributed by atoms with Crippen molar-refractivity contribution in [3.8, 4) is 0 Å². The summed E-state index contributed by atoms with van der Waals surface area (Å²) in [5, 5.41) is 0. The zero-order chi connectivity index (χ0) is 17.3. The largest absolute Gasteiger partial charge is 0.341 e. The summed E-state index contributed by atoms with van der Waals surface area (Å²) in [4.78, 5) is 31.8. The Hall–Kier alpha value is -1.10. The quantitative estimate of drug-likeness (QED) is 0.765. The Labute approximate surface area is 151 Å². The summed E-state index contributed by atoms with van der Waals surface area (Å²) in [5.41, 5.74) is 0.411. The van der Waals surface area contributed by atoms with Gasteiger partial charge < -0.3 is 14.7 Å². The van der Waals surface area contributed by atoms with E-state index in [0.717, 1.165) is 52.0 Å². The third-order valence-corrected chi connectivity index (χ3v) is 7.06. The van der Waals surface area contributed by atoms with E-state index in [4.69, 9.17) is 0 Å². The molecule has 1 spiro atoms. The molecule has 5 nitrogen and oxygen atoms in total. The Kier molecular flexibility index (Phi) is 5.03. The third kappa shape index (κ3) is 3.71. The topological polar surface area (TPSA) is 43.9 Å². The highest BCUT2D eigenvalue weighted by Crippen LogP contribution is 2.65. The molecule has 2 saturated heterocycles. The fourth-order valence-electron chi connectivity index (χ4n) is 5.11. The minimum Gasteiger partial charge on any atom is -0.341 e. The number of hydrogen-bond acceptors (Lipinski definition) is 3. The van der Waals surface area contributed by atoms with Crippen LogP contribution >= 0.6 is 0 Å². The van der Waals surface area contributed by atoms with E-state index in [1.807, 2.05) is 4.90 Å². The van der Waals surface area contributed by atoms with E-state index < -0.39 is 0 Å². The van der Waals surface area contributed by atoms with E-state index in [0.29, 0.717) is 23.7 Å². The lowest BCUT2D eigenvalue weighted by Gasteiger charge is -2.28. The highest BCUT2D eigenvalue weighted by atomic mass is 16.2. The van der Waals surface area contributed by atoms with Gasteiger partial charge in [0, 0.05) is 38.5 Å². The van der Waals surface area contributed by atoms with Crippen LogP contribution in [0.2, 0.25) is 0 Å². The maximum absolute atomic E-state index is 12.7. The predicted molar refractivity (Wildman–Crippen MR) is 97.1 cm³/mol.